The van der Waals surface area contributed by atoms with Crippen LogP contribution < -0.4 is 5.73 Å². The fourth-order valence-electron chi connectivity index (χ4n) is 13.1. The van der Waals surface area contributed by atoms with Gasteiger partial charge in [0, 0.05) is 128 Å². The van der Waals surface area contributed by atoms with Gasteiger partial charge < -0.3 is 125 Å². The maximum Gasteiger partial charge on any atom is 0.303 e. The molecule has 664 valence electrons. The fraction of sp³-hybridized carbons (Fsp3) is 0.754. The highest BCUT2D eigenvalue weighted by molar-refractivity contribution is 8.01. The Morgan fingerprint density at radius 3 is 0.924 bits per heavy atom. The molecule has 0 unspecified atom stereocenters. The van der Waals surface area contributed by atoms with Gasteiger partial charge in [-0.15, -0.1) is 71.4 Å². The van der Waals surface area contributed by atoms with Crippen molar-refractivity contribution in [3.05, 3.63) is 0 Å². The molecule has 0 amide bonds. The summed E-state index contributed by atoms with van der Waals surface area (Å²) in [6, 6.07) is 0. The monoisotopic (exact) mass is 1800 g/mol. The number of amidine groups is 1. The number of aliphatic hydroxyl groups is 3. The molecule has 0 spiro atoms. The molecule has 6 saturated heterocycles. The Bertz CT molecular complexity index is 3660. The smallest absolute Gasteiger partial charge is 0.303 e. The van der Waals surface area contributed by atoms with E-state index in [0.717, 1.165) is 111 Å². The number of aliphatic hydroxyl groups excluding tert-OH is 3. The third-order valence-electron chi connectivity index (χ3n) is 17.3. The van der Waals surface area contributed by atoms with E-state index in [4.69, 9.17) is 115 Å². The predicted molar refractivity (Wildman–Crippen MR) is 402 cm³/mol. The molecular weight excluding hydrogens is 1710 g/mol. The number of rotatable bonds is 33. The minimum absolute atomic E-state index is 0.532. The number of ether oxygens (including phenoxy) is 22. The number of hydrogen-bond donors (Lipinski definition) is 6. The highest BCUT2D eigenvalue weighted by Crippen LogP contribution is 2.50. The van der Waals surface area contributed by atoms with Crippen LogP contribution in [0.2, 0.25) is 0 Å². The molecule has 0 saturated carbocycles. The second-order valence-electron chi connectivity index (χ2n) is 27.0. The van der Waals surface area contributed by atoms with Gasteiger partial charge in [0.05, 0.1) is 16.6 Å². The lowest BCUT2D eigenvalue weighted by atomic mass is 9.96. The SMILES string of the molecule is CC(=O)OC[C@H]1O[C@@H](SC[C@H]2O[C@@H](SC[C@H]3O[C@@H](SC[C@H]4O[C@](S)(C(=N)N)[C@H](OC(C)=O)[C@@H](S[C@@H]5O[C@H](COC(C)=O)[C@@H](OC(C)=O)[C@H](OC(C)=O)[C@H]5OC(C)=O)[C@@H]4OC(C)=O)[C@H](O)[C@@H](O)[C@@H]3O)[C@H](OC(C)=O)[C@@H](S[C@@H]3O[C@H](COC(C)=O)[C@@H](OC(C)=O)[C@H](OC(C)=O)[C@H]3OC(C)=O)[C@@H]2OC(C)=O)[C@H](OC(C)=O)[C@@H](OC(C)=O)[C@@H]1OC(C)=O. The zero-order valence-electron chi connectivity index (χ0n) is 66.4. The summed E-state index contributed by atoms with van der Waals surface area (Å²) in [6.07, 6.45) is -39.0. The minimum Gasteiger partial charge on any atom is -0.463 e. The summed E-state index contributed by atoms with van der Waals surface area (Å²) in [4.78, 5) is 205. The summed E-state index contributed by atoms with van der Waals surface area (Å²) in [5.74, 6) is -18.5. The van der Waals surface area contributed by atoms with Crippen molar-refractivity contribution < 1.29 is 196 Å². The van der Waals surface area contributed by atoms with Gasteiger partial charge in [-0.05, 0) is 0 Å². The summed E-state index contributed by atoms with van der Waals surface area (Å²) in [5, 5.41) is 41.3. The van der Waals surface area contributed by atoms with E-state index in [2.05, 4.69) is 12.6 Å². The van der Waals surface area contributed by atoms with Crippen LogP contribution in [0, 0.1) is 5.41 Å². The molecule has 49 heteroatoms. The molecule has 0 aliphatic carbocycles. The molecular formula is C69H96N2O41S6. The maximum absolute atomic E-state index is 13.7. The van der Waals surface area contributed by atoms with Crippen LogP contribution in [0.1, 0.15) is 111 Å². The first-order chi connectivity index (χ1) is 55.1. The zero-order chi connectivity index (χ0) is 88.4. The second kappa shape index (κ2) is 45.0. The van der Waals surface area contributed by atoms with Gasteiger partial charge in [0.2, 0.25) is 4.93 Å². The normalized spacial score (nSPS) is 35.0. The summed E-state index contributed by atoms with van der Waals surface area (Å²) < 4.78 is 130. The van der Waals surface area contributed by atoms with Gasteiger partial charge in [0.15, 0.2) is 67.1 Å². The molecule has 0 aromatic heterocycles. The molecule has 43 nitrogen and oxygen atoms in total. The molecule has 0 aromatic rings. The molecule has 30 atom stereocenters. The topological polar surface area (TPSA) is 587 Å². The highest BCUT2D eigenvalue weighted by atomic mass is 32.2. The first-order valence-electron chi connectivity index (χ1n) is 36.0. The van der Waals surface area contributed by atoms with Gasteiger partial charge in [-0.2, -0.15) is 0 Å². The quantitative estimate of drug-likeness (QED) is 0.0149. The van der Waals surface area contributed by atoms with Crippen molar-refractivity contribution in [2.75, 3.05) is 37.1 Å². The Morgan fingerprint density at radius 2 is 0.568 bits per heavy atom. The molecule has 0 radical (unpaired) electrons. The van der Waals surface area contributed by atoms with Gasteiger partial charge in [0.25, 0.3) is 0 Å². The second-order valence-corrected chi connectivity index (χ2v) is 33.6. The number of thioether (sulfide) groups is 5. The van der Waals surface area contributed by atoms with Gasteiger partial charge in [0.1, 0.15) is 114 Å². The first-order valence-corrected chi connectivity index (χ1v) is 41.4. The average molecular weight is 1800 g/mol. The molecule has 6 aliphatic rings. The lowest BCUT2D eigenvalue weighted by Gasteiger charge is -2.51. The van der Waals surface area contributed by atoms with E-state index < -0.39 is 315 Å². The van der Waals surface area contributed by atoms with Gasteiger partial charge in [-0.1, -0.05) is 0 Å². The number of hydrogen-bond acceptors (Lipinski definition) is 48. The number of carbonyl (C=O) groups excluding carboxylic acids is 16. The summed E-state index contributed by atoms with van der Waals surface area (Å²) in [7, 11) is 0. The molecule has 6 aliphatic heterocycles. The van der Waals surface area contributed by atoms with Crippen molar-refractivity contribution >= 4 is 173 Å². The van der Waals surface area contributed by atoms with Crippen LogP contribution in [0.15, 0.2) is 0 Å². The van der Waals surface area contributed by atoms with Crippen LogP contribution in [0.3, 0.4) is 0 Å². The summed E-state index contributed by atoms with van der Waals surface area (Å²) in [6.45, 7) is 13.5. The van der Waals surface area contributed by atoms with Crippen molar-refractivity contribution in [3.8, 4) is 0 Å². The molecule has 118 heavy (non-hydrogen) atoms. The van der Waals surface area contributed by atoms with E-state index in [1.807, 2.05) is 0 Å². The van der Waals surface area contributed by atoms with Crippen molar-refractivity contribution in [1.29, 1.82) is 5.41 Å². The van der Waals surface area contributed by atoms with E-state index in [9.17, 15) is 92.0 Å². The first kappa shape index (κ1) is 99.5. The number of carbonyl (C=O) groups is 16. The van der Waals surface area contributed by atoms with Crippen LogP contribution in [-0.4, -0.2) is 331 Å². The standard InChI is InChI=1S/C69H96N2O41S6/c1-23(72)91-17-39-48(94-26(4)75)53(99-31(9)80)56(102-34(12)83)64(107-39)116-21-43-51(97-29(7)78)60(117-66-57(103-35(13)84)54(100-32(10)81)49(95-27(5)76)40(108-66)18-92-24(2)73)59(105-37(15)86)65(111-43)115-20-42-45(88)46(89)47(90)63(110-42)114-22-44-52(98-30(8)79)61(62(106-38(16)87)69(113,112-44)68(70)71)118-67-58(104-36(14)85)55(101-33(11)82)50(96-28(6)77)41(109-67)19-93-25(3)74/h39-67,88-90,113H,17-22H2,1-16H3,(H3,70,71)/t39-,40-,41-,42-,43-,44-,45-,46+,47-,48-,49-,50-,51-,52-,53+,54+,55+,56-,57-,58-,59-,60+,61+,62-,63+,64+,65+,66+,67+,69-/m1/s1. The van der Waals surface area contributed by atoms with Crippen LogP contribution in [0.4, 0.5) is 0 Å². The van der Waals surface area contributed by atoms with E-state index in [-0.39, 0.29) is 0 Å². The lowest BCUT2D eigenvalue weighted by molar-refractivity contribution is -0.238. The third-order valence-corrected chi connectivity index (χ3v) is 24.5. The lowest BCUT2D eigenvalue weighted by Crippen LogP contribution is -2.69. The van der Waals surface area contributed by atoms with Crippen LogP contribution in [0.5, 0.6) is 0 Å². The summed E-state index contributed by atoms with van der Waals surface area (Å²) >= 11 is 7.78. The van der Waals surface area contributed by atoms with Crippen LogP contribution in [-0.2, 0) is 181 Å². The molecule has 6 N–H and O–H groups in total. The van der Waals surface area contributed by atoms with Crippen molar-refractivity contribution in [3.63, 3.8) is 0 Å². The van der Waals surface area contributed by atoms with Crippen molar-refractivity contribution in [1.82, 2.24) is 0 Å². The molecule has 6 rings (SSSR count). The van der Waals surface area contributed by atoms with Crippen molar-refractivity contribution in [2.45, 2.75) is 288 Å². The largest absolute Gasteiger partial charge is 0.463 e. The molecule has 6 heterocycles. The number of thiol groups is 1. The van der Waals surface area contributed by atoms with Gasteiger partial charge in [-0.25, -0.2) is 0 Å². The van der Waals surface area contributed by atoms with Gasteiger partial charge in [-0.3, -0.25) is 82.1 Å². The molecule has 6 fully saturated rings. The number of esters is 16. The molecule has 0 bridgehead atoms. The van der Waals surface area contributed by atoms with E-state index in [0.29, 0.717) is 58.8 Å². The summed E-state index contributed by atoms with van der Waals surface area (Å²) in [5.41, 5.74) is -2.21. The predicted octanol–water partition coefficient (Wildman–Crippen LogP) is -1.14. The number of nitrogens with one attached hydrogen (secondary N) is 1. The maximum atomic E-state index is 13.7. The van der Waals surface area contributed by atoms with E-state index in [1.165, 1.54) is 0 Å². The van der Waals surface area contributed by atoms with Crippen molar-refractivity contribution in [2.24, 2.45) is 5.73 Å². The third kappa shape index (κ3) is 28.1. The Balaban J connectivity index is 1.49. The van der Waals surface area contributed by atoms with E-state index >= 15 is 0 Å². The Hall–Kier alpha value is -7.27. The number of nitrogens with two attached hydrogens (primary N) is 1. The zero-order valence-corrected chi connectivity index (χ0v) is 71.4. The fourth-order valence-corrected chi connectivity index (χ4v) is 20.7. The van der Waals surface area contributed by atoms with E-state index in [1.54, 1.807) is 0 Å². The Kier molecular flexibility index (Phi) is 38.0. The highest BCUT2D eigenvalue weighted by Gasteiger charge is 2.64. The molecule has 0 aromatic carbocycles. The van der Waals surface area contributed by atoms with Crippen LogP contribution in [0.25, 0.3) is 0 Å². The Labute approximate surface area is 701 Å². The van der Waals surface area contributed by atoms with Crippen LogP contribution >= 0.6 is 71.4 Å². The minimum atomic E-state index is -2.56. The van der Waals surface area contributed by atoms with Gasteiger partial charge >= 0.3 is 95.5 Å². The Morgan fingerprint density at radius 1 is 0.305 bits per heavy atom. The average Bonchev–Trinajstić information content (AvgIpc) is 0.752.